The third-order valence-corrected chi connectivity index (χ3v) is 6.36. The number of piperazine rings is 1. The number of pyridine rings is 1. The van der Waals surface area contributed by atoms with Gasteiger partial charge in [0, 0.05) is 54.0 Å². The molecule has 2 aromatic carbocycles. The maximum atomic E-state index is 13.7. The number of nitrogens with zero attached hydrogens (tertiary/aromatic N) is 5. The Morgan fingerprint density at radius 1 is 1.00 bits per heavy atom. The fourth-order valence-electron chi connectivity index (χ4n) is 4.15. The summed E-state index contributed by atoms with van der Waals surface area (Å²) in [5.41, 5.74) is 3.14. The van der Waals surface area contributed by atoms with Gasteiger partial charge in [-0.05, 0) is 61.5 Å². The number of anilines is 1. The van der Waals surface area contributed by atoms with Gasteiger partial charge in [0.05, 0.1) is 23.4 Å². The second-order valence-corrected chi connectivity index (χ2v) is 8.92. The first kappa shape index (κ1) is 22.3. The Morgan fingerprint density at radius 3 is 2.44 bits per heavy atom. The van der Waals surface area contributed by atoms with Gasteiger partial charge in [0.25, 0.3) is 5.91 Å². The van der Waals surface area contributed by atoms with E-state index in [-0.39, 0.29) is 5.91 Å². The van der Waals surface area contributed by atoms with E-state index in [4.69, 9.17) is 9.72 Å². The van der Waals surface area contributed by atoms with Crippen molar-refractivity contribution in [1.29, 1.82) is 0 Å². The Hall–Kier alpha value is -3.52. The van der Waals surface area contributed by atoms with E-state index < -0.39 is 0 Å². The van der Waals surface area contributed by atoms with E-state index in [1.807, 2.05) is 60.4 Å². The number of rotatable bonds is 5. The van der Waals surface area contributed by atoms with Gasteiger partial charge in [-0.15, -0.1) is 0 Å². The van der Waals surface area contributed by atoms with E-state index in [0.717, 1.165) is 32.4 Å². The molecule has 0 unspecified atom stereocenters. The molecule has 4 aromatic rings. The number of aromatic nitrogens is 3. The minimum atomic E-state index is 0.00585. The quantitative estimate of drug-likeness (QED) is 0.378. The number of hydrogen-bond acceptors (Lipinski definition) is 6. The minimum Gasteiger partial charge on any atom is -0.494 e. The zero-order valence-corrected chi connectivity index (χ0v) is 20.4. The summed E-state index contributed by atoms with van der Waals surface area (Å²) >= 11 is 3.54. The standard InChI is InChI=1S/C26H24BrN5O2/c1-2-34-20-7-4-18(5-8-20)24-17-22(21-16-19(27)6-9-23(21)30-24)25(33)31-12-14-32(15-13-31)26-28-10-3-11-29-26/h3-11,16-17H,2,12-15H2,1H3. The van der Waals surface area contributed by atoms with Gasteiger partial charge < -0.3 is 14.5 Å². The van der Waals surface area contributed by atoms with Gasteiger partial charge in [-0.3, -0.25) is 4.79 Å². The average molecular weight is 518 g/mol. The maximum Gasteiger partial charge on any atom is 0.254 e. The molecule has 0 aliphatic carbocycles. The van der Waals surface area contributed by atoms with Crippen molar-refractivity contribution in [2.45, 2.75) is 6.92 Å². The number of hydrogen-bond donors (Lipinski definition) is 0. The molecule has 34 heavy (non-hydrogen) atoms. The van der Waals surface area contributed by atoms with Crippen molar-refractivity contribution in [1.82, 2.24) is 19.9 Å². The molecule has 1 amide bonds. The van der Waals surface area contributed by atoms with Crippen LogP contribution in [-0.2, 0) is 0 Å². The van der Waals surface area contributed by atoms with Crippen molar-refractivity contribution in [3.8, 4) is 17.0 Å². The zero-order chi connectivity index (χ0) is 23.5. The molecule has 1 saturated heterocycles. The van der Waals surface area contributed by atoms with Gasteiger partial charge in [-0.25, -0.2) is 15.0 Å². The van der Waals surface area contributed by atoms with Gasteiger partial charge in [-0.2, -0.15) is 0 Å². The lowest BCUT2D eigenvalue weighted by Crippen LogP contribution is -2.49. The van der Waals surface area contributed by atoms with Crippen LogP contribution in [0.25, 0.3) is 22.2 Å². The topological polar surface area (TPSA) is 71.5 Å². The normalized spacial score (nSPS) is 13.8. The van der Waals surface area contributed by atoms with Crippen LogP contribution in [0.3, 0.4) is 0 Å². The summed E-state index contributed by atoms with van der Waals surface area (Å²) in [5, 5.41) is 0.836. The predicted octanol–water partition coefficient (Wildman–Crippen LogP) is 4.82. The summed E-state index contributed by atoms with van der Waals surface area (Å²) in [6, 6.07) is 17.4. The molecule has 1 fully saturated rings. The minimum absolute atomic E-state index is 0.00585. The van der Waals surface area contributed by atoms with Gasteiger partial charge in [-0.1, -0.05) is 15.9 Å². The first-order valence-corrected chi connectivity index (χ1v) is 12.1. The Bertz CT molecular complexity index is 1310. The maximum absolute atomic E-state index is 13.7. The van der Waals surface area contributed by atoms with Crippen molar-refractivity contribution in [2.75, 3.05) is 37.7 Å². The molecule has 5 rings (SSSR count). The fourth-order valence-corrected chi connectivity index (χ4v) is 4.51. The molecule has 8 heteroatoms. The van der Waals surface area contributed by atoms with Crippen LogP contribution < -0.4 is 9.64 Å². The van der Waals surface area contributed by atoms with E-state index in [9.17, 15) is 4.79 Å². The third kappa shape index (κ3) is 4.59. The average Bonchev–Trinajstić information content (AvgIpc) is 2.89. The van der Waals surface area contributed by atoms with Gasteiger partial charge in [0.1, 0.15) is 5.75 Å². The van der Waals surface area contributed by atoms with Crippen LogP contribution in [0.2, 0.25) is 0 Å². The van der Waals surface area contributed by atoms with Crippen molar-refractivity contribution in [2.24, 2.45) is 0 Å². The Kier molecular flexibility index (Phi) is 6.40. The molecule has 0 bridgehead atoms. The number of benzene rings is 2. The van der Waals surface area contributed by atoms with E-state index in [0.29, 0.717) is 44.3 Å². The van der Waals surface area contributed by atoms with E-state index in [1.165, 1.54) is 0 Å². The molecule has 0 saturated carbocycles. The van der Waals surface area contributed by atoms with Crippen LogP contribution in [0.15, 0.2) is 71.5 Å². The fraction of sp³-hybridized carbons (Fsp3) is 0.231. The van der Waals surface area contributed by atoms with E-state index in [1.54, 1.807) is 18.5 Å². The van der Waals surface area contributed by atoms with Crippen molar-refractivity contribution in [3.63, 3.8) is 0 Å². The predicted molar refractivity (Wildman–Crippen MR) is 136 cm³/mol. The molecule has 1 aliphatic heterocycles. The molecule has 0 atom stereocenters. The number of amides is 1. The molecule has 2 aromatic heterocycles. The number of halogens is 1. The van der Waals surface area contributed by atoms with E-state index >= 15 is 0 Å². The second kappa shape index (κ2) is 9.77. The highest BCUT2D eigenvalue weighted by atomic mass is 79.9. The van der Waals surface area contributed by atoms with Crippen LogP contribution in [0, 0.1) is 0 Å². The van der Waals surface area contributed by atoms with Crippen LogP contribution in [0.1, 0.15) is 17.3 Å². The summed E-state index contributed by atoms with van der Waals surface area (Å²) in [4.78, 5) is 31.2. The Morgan fingerprint density at radius 2 is 1.74 bits per heavy atom. The third-order valence-electron chi connectivity index (χ3n) is 5.86. The lowest BCUT2D eigenvalue weighted by atomic mass is 10.0. The summed E-state index contributed by atoms with van der Waals surface area (Å²) in [7, 11) is 0. The van der Waals surface area contributed by atoms with Crippen molar-refractivity contribution >= 4 is 38.7 Å². The lowest BCUT2D eigenvalue weighted by Gasteiger charge is -2.34. The summed E-state index contributed by atoms with van der Waals surface area (Å²) in [6.45, 7) is 5.16. The van der Waals surface area contributed by atoms with Crippen molar-refractivity contribution in [3.05, 3.63) is 77.0 Å². The highest BCUT2D eigenvalue weighted by Gasteiger charge is 2.25. The summed E-state index contributed by atoms with van der Waals surface area (Å²) < 4.78 is 6.48. The Balaban J connectivity index is 1.45. The first-order valence-electron chi connectivity index (χ1n) is 11.3. The highest BCUT2D eigenvalue weighted by molar-refractivity contribution is 9.10. The van der Waals surface area contributed by atoms with Crippen molar-refractivity contribution < 1.29 is 9.53 Å². The monoisotopic (exact) mass is 517 g/mol. The number of fused-ring (bicyclic) bond motifs is 1. The smallest absolute Gasteiger partial charge is 0.254 e. The number of ether oxygens (including phenoxy) is 1. The summed E-state index contributed by atoms with van der Waals surface area (Å²) in [6.07, 6.45) is 3.48. The first-order chi connectivity index (χ1) is 16.6. The molecule has 0 spiro atoms. The van der Waals surface area contributed by atoms with E-state index in [2.05, 4.69) is 30.8 Å². The molecule has 0 N–H and O–H groups in total. The molecule has 172 valence electrons. The molecule has 7 nitrogen and oxygen atoms in total. The second-order valence-electron chi connectivity index (χ2n) is 8.00. The SMILES string of the molecule is CCOc1ccc(-c2cc(C(=O)N3CCN(c4ncccn4)CC3)c3cc(Br)ccc3n2)cc1. The largest absolute Gasteiger partial charge is 0.494 e. The number of carbonyl (C=O) groups is 1. The number of carbonyl (C=O) groups excluding carboxylic acids is 1. The summed E-state index contributed by atoms with van der Waals surface area (Å²) in [5.74, 6) is 1.52. The zero-order valence-electron chi connectivity index (χ0n) is 18.8. The van der Waals surface area contributed by atoms with Crippen LogP contribution in [-0.4, -0.2) is 58.5 Å². The van der Waals surface area contributed by atoms with Crippen LogP contribution in [0.4, 0.5) is 5.95 Å². The molecule has 3 heterocycles. The van der Waals surface area contributed by atoms with Gasteiger partial charge in [0.2, 0.25) is 5.95 Å². The molecular weight excluding hydrogens is 494 g/mol. The van der Waals surface area contributed by atoms with Crippen LogP contribution in [0.5, 0.6) is 5.75 Å². The highest BCUT2D eigenvalue weighted by Crippen LogP contribution is 2.29. The molecular formula is C26H24BrN5O2. The Labute approximate surface area is 206 Å². The van der Waals surface area contributed by atoms with Gasteiger partial charge in [0.15, 0.2) is 0 Å². The lowest BCUT2D eigenvalue weighted by molar-refractivity contribution is 0.0748. The van der Waals surface area contributed by atoms with Crippen LogP contribution >= 0.6 is 15.9 Å². The molecule has 0 radical (unpaired) electrons. The molecule has 1 aliphatic rings. The van der Waals surface area contributed by atoms with Gasteiger partial charge >= 0.3 is 0 Å².